The normalized spacial score (nSPS) is 17.6. The van der Waals surface area contributed by atoms with E-state index in [0.717, 1.165) is 25.7 Å². The summed E-state index contributed by atoms with van der Waals surface area (Å²) >= 11 is 4.40. The molecule has 5 nitrogen and oxygen atoms in total. The number of aromatic nitrogens is 1. The maximum absolute atomic E-state index is 12.0. The van der Waals surface area contributed by atoms with Crippen molar-refractivity contribution in [2.75, 3.05) is 5.75 Å². The molecule has 1 aliphatic carbocycles. The van der Waals surface area contributed by atoms with Crippen molar-refractivity contribution in [1.29, 1.82) is 0 Å². The van der Waals surface area contributed by atoms with Crippen molar-refractivity contribution >= 4 is 18.3 Å². The smallest absolute Gasteiger partial charge is 0.288 e. The summed E-state index contributed by atoms with van der Waals surface area (Å²) in [5.41, 5.74) is 0.261. The van der Waals surface area contributed by atoms with E-state index in [1.165, 1.54) is 16.8 Å². The summed E-state index contributed by atoms with van der Waals surface area (Å²) in [6, 6.07) is 1.35. The minimum atomic E-state index is -0.437. The van der Waals surface area contributed by atoms with Gasteiger partial charge >= 0.3 is 0 Å². The second kappa shape index (κ2) is 5.36. The van der Waals surface area contributed by atoms with Gasteiger partial charge in [0.2, 0.25) is 0 Å². The molecule has 0 radical (unpaired) electrons. The predicted octanol–water partition coefficient (Wildman–Crippen LogP) is 2.56. The quantitative estimate of drug-likeness (QED) is 0.524. The molecule has 1 saturated carbocycles. The molecule has 0 spiro atoms. The van der Waals surface area contributed by atoms with Crippen molar-refractivity contribution in [1.82, 2.24) is 4.57 Å². The lowest BCUT2D eigenvalue weighted by molar-refractivity contribution is -0.386. The first kappa shape index (κ1) is 14.1. The predicted molar refractivity (Wildman–Crippen MR) is 76.8 cm³/mol. The van der Waals surface area contributed by atoms with Crippen molar-refractivity contribution in [2.24, 2.45) is 5.41 Å². The average Bonchev–Trinajstić information content (AvgIpc) is 2.81. The first-order valence-electron chi connectivity index (χ1n) is 6.44. The number of hydrogen-bond donors (Lipinski definition) is 1. The molecule has 0 aromatic carbocycles. The van der Waals surface area contributed by atoms with Crippen LogP contribution in [0.25, 0.3) is 0 Å². The van der Waals surface area contributed by atoms with E-state index in [1.807, 2.05) is 0 Å². The molecule has 0 amide bonds. The molecule has 0 aliphatic heterocycles. The Labute approximate surface area is 117 Å². The molecule has 0 unspecified atom stereocenters. The summed E-state index contributed by atoms with van der Waals surface area (Å²) < 4.78 is 1.48. The van der Waals surface area contributed by atoms with Crippen LogP contribution in [0.1, 0.15) is 31.2 Å². The highest BCUT2D eigenvalue weighted by Gasteiger charge is 2.33. The lowest BCUT2D eigenvalue weighted by atomic mass is 9.88. The van der Waals surface area contributed by atoms with E-state index in [0.29, 0.717) is 17.9 Å². The van der Waals surface area contributed by atoms with Crippen LogP contribution in [0.3, 0.4) is 0 Å². The fourth-order valence-electron chi connectivity index (χ4n) is 2.82. The standard InChI is InChI=1S/C13H18N2O3S/c1-10-6-12(16)14(7-11(10)15(17)18)8-13(9-19)4-2-3-5-13/h6-7,19H,2-5,8-9H2,1H3. The summed E-state index contributed by atoms with van der Waals surface area (Å²) in [5.74, 6) is 0.709. The van der Waals surface area contributed by atoms with Gasteiger partial charge in [-0.25, -0.2) is 0 Å². The van der Waals surface area contributed by atoms with Crippen LogP contribution < -0.4 is 5.56 Å². The second-order valence-electron chi connectivity index (χ2n) is 5.43. The van der Waals surface area contributed by atoms with Crippen LogP contribution in [0, 0.1) is 22.5 Å². The molecule has 104 valence electrons. The first-order chi connectivity index (χ1) is 8.97. The van der Waals surface area contributed by atoms with E-state index in [1.54, 1.807) is 6.92 Å². The minimum Gasteiger partial charge on any atom is -0.308 e. The van der Waals surface area contributed by atoms with Gasteiger partial charge in [0, 0.05) is 18.2 Å². The summed E-state index contributed by atoms with van der Waals surface area (Å²) in [7, 11) is 0. The van der Waals surface area contributed by atoms with Gasteiger partial charge in [0.1, 0.15) is 0 Å². The molecule has 1 heterocycles. The van der Waals surface area contributed by atoms with Crippen molar-refractivity contribution in [3.8, 4) is 0 Å². The molecule has 0 N–H and O–H groups in total. The van der Waals surface area contributed by atoms with Gasteiger partial charge < -0.3 is 4.57 Å². The van der Waals surface area contributed by atoms with E-state index < -0.39 is 4.92 Å². The first-order valence-corrected chi connectivity index (χ1v) is 7.07. The van der Waals surface area contributed by atoms with E-state index in [9.17, 15) is 14.9 Å². The number of pyridine rings is 1. The SMILES string of the molecule is Cc1cc(=O)n(CC2(CS)CCCC2)cc1[N+](=O)[O-]. The fraction of sp³-hybridized carbons (Fsp3) is 0.615. The maximum atomic E-state index is 12.0. The zero-order valence-corrected chi connectivity index (χ0v) is 11.9. The molecule has 1 aliphatic rings. The van der Waals surface area contributed by atoms with Crippen molar-refractivity contribution in [3.63, 3.8) is 0 Å². The van der Waals surface area contributed by atoms with Crippen LogP contribution in [0.2, 0.25) is 0 Å². The molecule has 1 aromatic rings. The molecule has 1 aromatic heterocycles. The fourth-order valence-corrected chi connectivity index (χ4v) is 3.24. The van der Waals surface area contributed by atoms with Gasteiger partial charge in [-0.3, -0.25) is 14.9 Å². The Bertz CT molecular complexity index is 547. The number of rotatable bonds is 4. The monoisotopic (exact) mass is 282 g/mol. The molecule has 0 saturated heterocycles. The highest BCUT2D eigenvalue weighted by atomic mass is 32.1. The van der Waals surface area contributed by atoms with E-state index in [2.05, 4.69) is 12.6 Å². The Morgan fingerprint density at radius 1 is 1.47 bits per heavy atom. The Morgan fingerprint density at radius 3 is 2.63 bits per heavy atom. The number of thiol groups is 1. The van der Waals surface area contributed by atoms with Gasteiger partial charge in [-0.2, -0.15) is 12.6 Å². The van der Waals surface area contributed by atoms with E-state index in [4.69, 9.17) is 0 Å². The van der Waals surface area contributed by atoms with Crippen LogP contribution in [-0.4, -0.2) is 15.2 Å². The molecular formula is C13H18N2O3S. The second-order valence-corrected chi connectivity index (χ2v) is 5.75. The largest absolute Gasteiger partial charge is 0.308 e. The Morgan fingerprint density at radius 2 is 2.11 bits per heavy atom. The zero-order chi connectivity index (χ0) is 14.0. The third kappa shape index (κ3) is 2.83. The summed E-state index contributed by atoms with van der Waals surface area (Å²) in [6.07, 6.45) is 5.73. The maximum Gasteiger partial charge on any atom is 0.288 e. The van der Waals surface area contributed by atoms with Crippen molar-refractivity contribution in [2.45, 2.75) is 39.2 Å². The summed E-state index contributed by atoms with van der Waals surface area (Å²) in [5, 5.41) is 10.9. The molecular weight excluding hydrogens is 264 g/mol. The highest BCUT2D eigenvalue weighted by molar-refractivity contribution is 7.80. The van der Waals surface area contributed by atoms with Crippen LogP contribution in [0.4, 0.5) is 5.69 Å². The van der Waals surface area contributed by atoms with Crippen molar-refractivity contribution in [3.05, 3.63) is 38.3 Å². The molecule has 1 fully saturated rings. The lowest BCUT2D eigenvalue weighted by Gasteiger charge is -2.27. The molecule has 0 atom stereocenters. The van der Waals surface area contributed by atoms with Gasteiger partial charge in [0.05, 0.1) is 11.1 Å². The van der Waals surface area contributed by atoms with Gasteiger partial charge in [0.15, 0.2) is 0 Å². The number of nitrogens with zero attached hydrogens (tertiary/aromatic N) is 2. The average molecular weight is 282 g/mol. The van der Waals surface area contributed by atoms with Gasteiger partial charge in [0.25, 0.3) is 11.2 Å². The highest BCUT2D eigenvalue weighted by Crippen LogP contribution is 2.40. The third-order valence-corrected chi connectivity index (χ3v) is 4.68. The molecule has 0 bridgehead atoms. The topological polar surface area (TPSA) is 65.1 Å². The molecule has 2 rings (SSSR count). The minimum absolute atomic E-state index is 0.00640. The van der Waals surface area contributed by atoms with Crippen LogP contribution in [0.15, 0.2) is 17.1 Å². The Hall–Kier alpha value is -1.30. The van der Waals surface area contributed by atoms with Gasteiger partial charge in [-0.1, -0.05) is 12.8 Å². The van der Waals surface area contributed by atoms with Gasteiger partial charge in [-0.05, 0) is 30.9 Å². The van der Waals surface area contributed by atoms with E-state index >= 15 is 0 Å². The summed E-state index contributed by atoms with van der Waals surface area (Å²) in [4.78, 5) is 22.5. The van der Waals surface area contributed by atoms with Crippen molar-refractivity contribution < 1.29 is 4.92 Å². The van der Waals surface area contributed by atoms with Crippen LogP contribution in [-0.2, 0) is 6.54 Å². The number of nitro groups is 1. The van der Waals surface area contributed by atoms with Crippen LogP contribution in [0.5, 0.6) is 0 Å². The van der Waals surface area contributed by atoms with E-state index in [-0.39, 0.29) is 16.7 Å². The Balaban J connectivity index is 2.37. The number of hydrogen-bond acceptors (Lipinski definition) is 4. The lowest BCUT2D eigenvalue weighted by Crippen LogP contribution is -2.31. The van der Waals surface area contributed by atoms with Crippen LogP contribution >= 0.6 is 12.6 Å². The third-order valence-electron chi connectivity index (χ3n) is 4.01. The van der Waals surface area contributed by atoms with Gasteiger partial charge in [-0.15, -0.1) is 0 Å². The Kier molecular flexibility index (Phi) is 3.99. The zero-order valence-electron chi connectivity index (χ0n) is 11.0. The molecule has 6 heteroatoms. The summed E-state index contributed by atoms with van der Waals surface area (Å²) in [6.45, 7) is 2.12. The molecule has 19 heavy (non-hydrogen) atoms. The number of aryl methyl sites for hydroxylation is 1.